The van der Waals surface area contributed by atoms with Gasteiger partial charge in [-0.2, -0.15) is 0 Å². The number of aliphatic hydroxyl groups is 1. The number of ether oxygens (including phenoxy) is 1. The molecule has 2 aliphatic carbocycles. The van der Waals surface area contributed by atoms with Crippen LogP contribution in [0.2, 0.25) is 0 Å². The summed E-state index contributed by atoms with van der Waals surface area (Å²) in [6.07, 6.45) is 7.81. The summed E-state index contributed by atoms with van der Waals surface area (Å²) >= 11 is 0. The molecule has 1 fully saturated rings. The van der Waals surface area contributed by atoms with Crippen LogP contribution in [0.5, 0.6) is 0 Å². The lowest BCUT2D eigenvalue weighted by atomic mass is 9.69. The van der Waals surface area contributed by atoms with Gasteiger partial charge >= 0.3 is 5.97 Å². The normalized spacial score (nSPS) is 48.9. The molecule has 0 aromatic carbocycles. The molecule has 5 atom stereocenters. The minimum Gasteiger partial charge on any atom is -0.457 e. The predicted molar refractivity (Wildman–Crippen MR) is 49.3 cm³/mol. The number of allylic oxidation sites excluding steroid dienone is 1. The van der Waals surface area contributed by atoms with E-state index in [1.807, 2.05) is 18.2 Å². The Hall–Kier alpha value is -1.09. The maximum atomic E-state index is 11.5. The number of hydrogen-bond acceptors (Lipinski definition) is 3. The molecule has 0 amide bonds. The maximum Gasteiger partial charge on any atom is 0.313 e. The molecule has 3 heteroatoms. The fraction of sp³-hybridized carbons (Fsp3) is 0.545. The molecule has 0 radical (unpaired) electrons. The Kier molecular flexibility index (Phi) is 1.59. The minimum atomic E-state index is -0.418. The molecule has 3 aliphatic rings. The average molecular weight is 192 g/mol. The molecule has 0 unspecified atom stereocenters. The summed E-state index contributed by atoms with van der Waals surface area (Å²) in [5, 5.41) is 9.77. The van der Waals surface area contributed by atoms with Gasteiger partial charge in [0.2, 0.25) is 0 Å². The number of carbonyl (C=O) groups is 1. The topological polar surface area (TPSA) is 46.5 Å². The molecular formula is C11H12O3. The van der Waals surface area contributed by atoms with E-state index in [0.717, 1.165) is 6.42 Å². The first kappa shape index (κ1) is 8.24. The zero-order valence-electron chi connectivity index (χ0n) is 7.67. The second kappa shape index (κ2) is 2.70. The SMILES string of the molecule is O=C1O[C@H]2C=C[C@@H](O)[C@@H]3CC=C[C@@H]1[C@H]32. The number of rotatable bonds is 0. The van der Waals surface area contributed by atoms with Gasteiger partial charge in [0.1, 0.15) is 6.10 Å². The van der Waals surface area contributed by atoms with Crippen molar-refractivity contribution in [1.82, 2.24) is 0 Å². The van der Waals surface area contributed by atoms with Gasteiger partial charge in [0.15, 0.2) is 0 Å². The molecule has 0 aromatic heterocycles. The van der Waals surface area contributed by atoms with Gasteiger partial charge in [0.05, 0.1) is 12.0 Å². The first-order valence-corrected chi connectivity index (χ1v) is 5.01. The van der Waals surface area contributed by atoms with E-state index in [1.54, 1.807) is 6.08 Å². The summed E-state index contributed by atoms with van der Waals surface area (Å²) in [6.45, 7) is 0. The third kappa shape index (κ3) is 0.932. The van der Waals surface area contributed by atoms with Gasteiger partial charge in [-0.05, 0) is 18.4 Å². The Morgan fingerprint density at radius 1 is 1.36 bits per heavy atom. The van der Waals surface area contributed by atoms with Crippen molar-refractivity contribution in [2.75, 3.05) is 0 Å². The summed E-state index contributed by atoms with van der Waals surface area (Å²) in [5.74, 6) is 0.0528. The Morgan fingerprint density at radius 2 is 2.21 bits per heavy atom. The summed E-state index contributed by atoms with van der Waals surface area (Å²) in [4.78, 5) is 11.5. The van der Waals surface area contributed by atoms with Gasteiger partial charge in [0.25, 0.3) is 0 Å². The second-order valence-corrected chi connectivity index (χ2v) is 4.21. The van der Waals surface area contributed by atoms with Crippen LogP contribution in [0.4, 0.5) is 0 Å². The second-order valence-electron chi connectivity index (χ2n) is 4.21. The number of hydrogen-bond donors (Lipinski definition) is 1. The Morgan fingerprint density at radius 3 is 3.07 bits per heavy atom. The van der Waals surface area contributed by atoms with Crippen LogP contribution in [-0.2, 0) is 9.53 Å². The summed E-state index contributed by atoms with van der Waals surface area (Å²) < 4.78 is 5.24. The monoisotopic (exact) mass is 192 g/mol. The smallest absolute Gasteiger partial charge is 0.313 e. The van der Waals surface area contributed by atoms with Crippen LogP contribution in [0.1, 0.15) is 6.42 Å². The molecular weight excluding hydrogens is 180 g/mol. The molecule has 0 saturated carbocycles. The van der Waals surface area contributed by atoms with Crippen molar-refractivity contribution in [1.29, 1.82) is 0 Å². The molecule has 74 valence electrons. The van der Waals surface area contributed by atoms with Gasteiger partial charge in [-0.3, -0.25) is 4.79 Å². The molecule has 1 N–H and O–H groups in total. The van der Waals surface area contributed by atoms with Crippen LogP contribution >= 0.6 is 0 Å². The minimum absolute atomic E-state index is 0.106. The lowest BCUT2D eigenvalue weighted by Crippen LogP contribution is -2.39. The molecule has 3 nitrogen and oxygen atoms in total. The van der Waals surface area contributed by atoms with E-state index in [-0.39, 0.29) is 29.8 Å². The standard InChI is InChI=1S/C11H12O3/c12-8-4-5-9-10-6(8)2-1-3-7(10)11(13)14-9/h1,3-10,12H,2H2/t6-,7+,8+,9-,10-/m0/s1. The van der Waals surface area contributed by atoms with Crippen molar-refractivity contribution >= 4 is 5.97 Å². The van der Waals surface area contributed by atoms with E-state index in [1.165, 1.54) is 0 Å². The predicted octanol–water partition coefficient (Wildman–Crippen LogP) is 0.651. The summed E-state index contributed by atoms with van der Waals surface area (Å²) in [6, 6.07) is 0. The summed E-state index contributed by atoms with van der Waals surface area (Å²) in [5.41, 5.74) is 0. The molecule has 1 heterocycles. The highest BCUT2D eigenvalue weighted by Crippen LogP contribution is 2.44. The van der Waals surface area contributed by atoms with Crippen LogP contribution in [0, 0.1) is 17.8 Å². The number of esters is 1. The highest BCUT2D eigenvalue weighted by Gasteiger charge is 2.50. The van der Waals surface area contributed by atoms with Crippen molar-refractivity contribution in [3.8, 4) is 0 Å². The molecule has 1 saturated heterocycles. The van der Waals surface area contributed by atoms with Gasteiger partial charge in [-0.1, -0.05) is 18.2 Å². The molecule has 3 rings (SSSR count). The highest BCUT2D eigenvalue weighted by molar-refractivity contribution is 5.78. The Bertz CT molecular complexity index is 331. The van der Waals surface area contributed by atoms with E-state index in [2.05, 4.69) is 0 Å². The van der Waals surface area contributed by atoms with E-state index in [9.17, 15) is 9.90 Å². The third-order valence-corrected chi connectivity index (χ3v) is 3.50. The van der Waals surface area contributed by atoms with Crippen LogP contribution in [0.15, 0.2) is 24.3 Å². The van der Waals surface area contributed by atoms with Crippen molar-refractivity contribution < 1.29 is 14.6 Å². The van der Waals surface area contributed by atoms with Crippen molar-refractivity contribution in [3.05, 3.63) is 24.3 Å². The number of aliphatic hydroxyl groups excluding tert-OH is 1. The van der Waals surface area contributed by atoms with Crippen LogP contribution in [0.3, 0.4) is 0 Å². The fourth-order valence-electron chi connectivity index (χ4n) is 2.81. The largest absolute Gasteiger partial charge is 0.457 e. The molecule has 0 spiro atoms. The van der Waals surface area contributed by atoms with E-state index in [0.29, 0.717) is 0 Å². The quantitative estimate of drug-likeness (QED) is 0.453. The van der Waals surface area contributed by atoms with Crippen molar-refractivity contribution in [2.24, 2.45) is 17.8 Å². The molecule has 1 aliphatic heterocycles. The fourth-order valence-corrected chi connectivity index (χ4v) is 2.81. The average Bonchev–Trinajstić information content (AvgIpc) is 2.52. The van der Waals surface area contributed by atoms with Crippen LogP contribution in [0.25, 0.3) is 0 Å². The van der Waals surface area contributed by atoms with Crippen LogP contribution in [-0.4, -0.2) is 23.3 Å². The number of carbonyl (C=O) groups excluding carboxylic acids is 1. The van der Waals surface area contributed by atoms with E-state index < -0.39 is 6.10 Å². The lowest BCUT2D eigenvalue weighted by molar-refractivity contribution is -0.142. The first-order valence-electron chi connectivity index (χ1n) is 5.01. The van der Waals surface area contributed by atoms with Gasteiger partial charge in [-0.25, -0.2) is 0 Å². The molecule has 0 aromatic rings. The van der Waals surface area contributed by atoms with Crippen molar-refractivity contribution in [2.45, 2.75) is 18.6 Å². The zero-order valence-corrected chi connectivity index (χ0v) is 7.67. The molecule has 0 bridgehead atoms. The third-order valence-electron chi connectivity index (χ3n) is 3.50. The van der Waals surface area contributed by atoms with Crippen molar-refractivity contribution in [3.63, 3.8) is 0 Å². The Labute approximate surface area is 82.1 Å². The zero-order chi connectivity index (χ0) is 9.71. The van der Waals surface area contributed by atoms with E-state index in [4.69, 9.17) is 4.74 Å². The molecule has 14 heavy (non-hydrogen) atoms. The lowest BCUT2D eigenvalue weighted by Gasteiger charge is -2.35. The van der Waals surface area contributed by atoms with Gasteiger partial charge in [0, 0.05) is 5.92 Å². The van der Waals surface area contributed by atoms with E-state index >= 15 is 0 Å². The van der Waals surface area contributed by atoms with Gasteiger partial charge < -0.3 is 9.84 Å². The highest BCUT2D eigenvalue weighted by atomic mass is 16.6. The van der Waals surface area contributed by atoms with Crippen LogP contribution < -0.4 is 0 Å². The Balaban J connectivity index is 2.04. The van der Waals surface area contributed by atoms with Gasteiger partial charge in [-0.15, -0.1) is 0 Å². The summed E-state index contributed by atoms with van der Waals surface area (Å²) in [7, 11) is 0. The first-order chi connectivity index (χ1) is 6.77. The maximum absolute atomic E-state index is 11.5.